The van der Waals surface area contributed by atoms with Crippen molar-refractivity contribution < 1.29 is 9.47 Å². The van der Waals surface area contributed by atoms with Gasteiger partial charge in [0.1, 0.15) is 0 Å². The monoisotopic (exact) mass is 390 g/mol. The van der Waals surface area contributed by atoms with E-state index in [4.69, 9.17) is 9.47 Å². The van der Waals surface area contributed by atoms with Crippen molar-refractivity contribution in [2.45, 2.75) is 99.5 Å². The van der Waals surface area contributed by atoms with Crippen LogP contribution in [-0.4, -0.2) is 25.9 Å². The summed E-state index contributed by atoms with van der Waals surface area (Å²) in [4.78, 5) is 0. The number of ether oxygens (including phenoxy) is 2. The molecule has 0 saturated heterocycles. The minimum atomic E-state index is 0.301. The molecule has 162 valence electrons. The first-order chi connectivity index (χ1) is 13.3. The molecule has 28 heavy (non-hydrogen) atoms. The van der Waals surface area contributed by atoms with E-state index in [0.29, 0.717) is 19.3 Å². The van der Waals surface area contributed by atoms with Gasteiger partial charge in [0.2, 0.25) is 0 Å². The maximum atomic E-state index is 6.09. The second kappa shape index (κ2) is 17.9. The molecule has 0 aromatic rings. The summed E-state index contributed by atoms with van der Waals surface area (Å²) >= 11 is 0. The Morgan fingerprint density at radius 2 is 1.25 bits per heavy atom. The van der Waals surface area contributed by atoms with E-state index in [9.17, 15) is 0 Å². The van der Waals surface area contributed by atoms with E-state index >= 15 is 0 Å². The third-order valence-corrected chi connectivity index (χ3v) is 4.69. The molecule has 0 aliphatic carbocycles. The van der Waals surface area contributed by atoms with Crippen LogP contribution in [0.2, 0.25) is 0 Å². The molecule has 2 nitrogen and oxygen atoms in total. The van der Waals surface area contributed by atoms with Crippen molar-refractivity contribution in [2.75, 3.05) is 19.8 Å². The molecule has 0 bridgehead atoms. The van der Waals surface area contributed by atoms with Crippen LogP contribution >= 0.6 is 0 Å². The van der Waals surface area contributed by atoms with E-state index in [1.54, 1.807) is 0 Å². The van der Waals surface area contributed by atoms with Crippen molar-refractivity contribution in [3.05, 3.63) is 46.6 Å². The Morgan fingerprint density at radius 1 is 0.714 bits per heavy atom. The zero-order valence-electron chi connectivity index (χ0n) is 19.8. The van der Waals surface area contributed by atoms with Gasteiger partial charge in [-0.1, -0.05) is 59.9 Å². The van der Waals surface area contributed by atoms with E-state index in [0.717, 1.165) is 51.6 Å². The van der Waals surface area contributed by atoms with Crippen LogP contribution in [0.5, 0.6) is 0 Å². The lowest BCUT2D eigenvalue weighted by Gasteiger charge is -2.16. The molecule has 0 spiro atoms. The van der Waals surface area contributed by atoms with Crippen molar-refractivity contribution in [1.29, 1.82) is 0 Å². The lowest BCUT2D eigenvalue weighted by Crippen LogP contribution is -2.16. The highest BCUT2D eigenvalue weighted by molar-refractivity contribution is 5.03. The highest BCUT2D eigenvalue weighted by atomic mass is 16.5. The standard InChI is InChI=1S/C26H46O2/c1-8-11-26(28-21-17-25(7)15-10-13-23(4)5)18-20-27-19-16-24(6)14-9-12-22(2)3/h12-13,16-17,26H,8-11,14-15,18-21H2,1-7H3/b24-16+,25-17+. The number of hydrogen-bond acceptors (Lipinski definition) is 2. The van der Waals surface area contributed by atoms with E-state index in [1.807, 2.05) is 0 Å². The zero-order chi connectivity index (χ0) is 21.2. The van der Waals surface area contributed by atoms with Crippen LogP contribution in [0, 0.1) is 0 Å². The van der Waals surface area contributed by atoms with Gasteiger partial charge in [-0.05, 0) is 80.1 Å². The van der Waals surface area contributed by atoms with Crippen LogP contribution in [0.4, 0.5) is 0 Å². The molecule has 0 rings (SSSR count). The second-order valence-electron chi connectivity index (χ2n) is 8.35. The first-order valence-electron chi connectivity index (χ1n) is 11.1. The van der Waals surface area contributed by atoms with Gasteiger partial charge in [-0.15, -0.1) is 0 Å². The molecule has 0 aliphatic heterocycles. The molecular weight excluding hydrogens is 344 g/mol. The van der Waals surface area contributed by atoms with Crippen molar-refractivity contribution in [1.82, 2.24) is 0 Å². The summed E-state index contributed by atoms with van der Waals surface area (Å²) in [6, 6.07) is 0. The highest BCUT2D eigenvalue weighted by Crippen LogP contribution is 2.11. The molecule has 0 aromatic carbocycles. The fourth-order valence-corrected chi connectivity index (χ4v) is 2.84. The average Bonchev–Trinajstić information content (AvgIpc) is 2.60. The summed E-state index contributed by atoms with van der Waals surface area (Å²) in [5, 5.41) is 0. The van der Waals surface area contributed by atoms with Gasteiger partial charge >= 0.3 is 0 Å². The second-order valence-corrected chi connectivity index (χ2v) is 8.35. The molecule has 2 heteroatoms. The van der Waals surface area contributed by atoms with E-state index in [-0.39, 0.29) is 0 Å². The summed E-state index contributed by atoms with van der Waals surface area (Å²) in [5.41, 5.74) is 5.61. The van der Waals surface area contributed by atoms with Crippen molar-refractivity contribution in [3.63, 3.8) is 0 Å². The third-order valence-electron chi connectivity index (χ3n) is 4.69. The molecule has 1 unspecified atom stereocenters. The Labute approximate surface area is 175 Å². The van der Waals surface area contributed by atoms with Gasteiger partial charge in [-0.2, -0.15) is 0 Å². The Bertz CT molecular complexity index is 501. The molecule has 0 radical (unpaired) electrons. The predicted octanol–water partition coefficient (Wildman–Crippen LogP) is 7.96. The number of hydrogen-bond donors (Lipinski definition) is 0. The molecule has 0 N–H and O–H groups in total. The van der Waals surface area contributed by atoms with Crippen LogP contribution in [0.1, 0.15) is 93.4 Å². The Kier molecular flexibility index (Phi) is 17.2. The smallest absolute Gasteiger partial charge is 0.0653 e. The van der Waals surface area contributed by atoms with Gasteiger partial charge in [0.05, 0.1) is 19.3 Å². The summed E-state index contributed by atoms with van der Waals surface area (Å²) in [5.74, 6) is 0. The topological polar surface area (TPSA) is 18.5 Å². The fraction of sp³-hybridized carbons (Fsp3) is 0.692. The van der Waals surface area contributed by atoms with Crippen LogP contribution in [-0.2, 0) is 9.47 Å². The van der Waals surface area contributed by atoms with Gasteiger partial charge in [0.15, 0.2) is 0 Å². The lowest BCUT2D eigenvalue weighted by molar-refractivity contribution is 0.0345. The van der Waals surface area contributed by atoms with E-state index in [1.165, 1.54) is 22.3 Å². The van der Waals surface area contributed by atoms with Crippen molar-refractivity contribution in [3.8, 4) is 0 Å². The Balaban J connectivity index is 4.05. The lowest BCUT2D eigenvalue weighted by atomic mass is 10.1. The van der Waals surface area contributed by atoms with Gasteiger partial charge in [0, 0.05) is 6.61 Å². The molecule has 0 aliphatic rings. The minimum Gasteiger partial charge on any atom is -0.377 e. The molecule has 0 amide bonds. The quantitative estimate of drug-likeness (QED) is 0.196. The Morgan fingerprint density at radius 3 is 1.75 bits per heavy atom. The highest BCUT2D eigenvalue weighted by Gasteiger charge is 2.07. The SMILES string of the molecule is CCCC(CCOC/C=C(\C)CCC=C(C)C)OC/C=C(\C)CCC=C(C)C. The first kappa shape index (κ1) is 26.9. The molecule has 0 aromatic heterocycles. The predicted molar refractivity (Wildman–Crippen MR) is 125 cm³/mol. The summed E-state index contributed by atoms with van der Waals surface area (Å²) in [6.45, 7) is 17.4. The zero-order valence-corrected chi connectivity index (χ0v) is 19.8. The summed E-state index contributed by atoms with van der Waals surface area (Å²) in [7, 11) is 0. The summed E-state index contributed by atoms with van der Waals surface area (Å²) in [6.07, 6.45) is 17.1. The number of rotatable bonds is 16. The van der Waals surface area contributed by atoms with Gasteiger partial charge < -0.3 is 9.47 Å². The molecule has 0 heterocycles. The van der Waals surface area contributed by atoms with Crippen LogP contribution in [0.25, 0.3) is 0 Å². The van der Waals surface area contributed by atoms with Crippen LogP contribution < -0.4 is 0 Å². The fourth-order valence-electron chi connectivity index (χ4n) is 2.84. The minimum absolute atomic E-state index is 0.301. The molecule has 1 atom stereocenters. The Hall–Kier alpha value is -1.12. The van der Waals surface area contributed by atoms with Gasteiger partial charge in [-0.3, -0.25) is 0 Å². The summed E-state index contributed by atoms with van der Waals surface area (Å²) < 4.78 is 11.9. The van der Waals surface area contributed by atoms with Crippen LogP contribution in [0.15, 0.2) is 46.6 Å². The van der Waals surface area contributed by atoms with Crippen molar-refractivity contribution >= 4 is 0 Å². The largest absolute Gasteiger partial charge is 0.377 e. The first-order valence-corrected chi connectivity index (χ1v) is 11.1. The van der Waals surface area contributed by atoms with Gasteiger partial charge in [0.25, 0.3) is 0 Å². The maximum Gasteiger partial charge on any atom is 0.0653 e. The van der Waals surface area contributed by atoms with Crippen LogP contribution in [0.3, 0.4) is 0 Å². The molecule has 0 fully saturated rings. The van der Waals surface area contributed by atoms with E-state index in [2.05, 4.69) is 72.8 Å². The average molecular weight is 391 g/mol. The molecule has 0 saturated carbocycles. The van der Waals surface area contributed by atoms with Crippen molar-refractivity contribution in [2.24, 2.45) is 0 Å². The number of allylic oxidation sites excluding steroid dienone is 6. The van der Waals surface area contributed by atoms with Gasteiger partial charge in [-0.25, -0.2) is 0 Å². The molecular formula is C26H46O2. The van der Waals surface area contributed by atoms with E-state index < -0.39 is 0 Å². The third kappa shape index (κ3) is 18.3. The normalized spacial score (nSPS) is 13.4. The maximum absolute atomic E-state index is 6.09.